The molecule has 5 rings (SSSR count). The van der Waals surface area contributed by atoms with Crippen LogP contribution >= 0.6 is 23.2 Å². The van der Waals surface area contributed by atoms with Gasteiger partial charge in [0.15, 0.2) is 0 Å². The Bertz CT molecular complexity index is 1730. The summed E-state index contributed by atoms with van der Waals surface area (Å²) in [6.07, 6.45) is 2.55. The Labute approximate surface area is 295 Å². The van der Waals surface area contributed by atoms with Crippen molar-refractivity contribution in [2.75, 3.05) is 38.3 Å². The summed E-state index contributed by atoms with van der Waals surface area (Å²) >= 11 is 12.2. The number of imide groups is 1. The number of nitrogens with zero attached hydrogens (tertiary/aromatic N) is 3. The van der Waals surface area contributed by atoms with E-state index in [-0.39, 0.29) is 34.9 Å². The lowest BCUT2D eigenvalue weighted by Crippen LogP contribution is -2.58. The number of methoxy groups -OCH3 is 1. The van der Waals surface area contributed by atoms with Crippen LogP contribution in [0.15, 0.2) is 65.8 Å². The van der Waals surface area contributed by atoms with E-state index >= 15 is 4.39 Å². The Kier molecular flexibility index (Phi) is 12.3. The SMILES string of the molecule is COC(=O)N(C(=O)[C@@H](N)[C@@H](c1ccc(Cl)cc1)C1CCOCC1)c1cncc(F)c1CC[C@H]1CNC[C@@H](C)N1S(=O)(=O)c1ccc(Cl)cc1. The van der Waals surface area contributed by atoms with Gasteiger partial charge in [-0.2, -0.15) is 4.31 Å². The maximum atomic E-state index is 15.7. The van der Waals surface area contributed by atoms with Gasteiger partial charge in [-0.3, -0.25) is 9.78 Å². The normalized spacial score (nSPS) is 20.4. The van der Waals surface area contributed by atoms with E-state index in [2.05, 4.69) is 10.3 Å². The molecule has 0 unspecified atom stereocenters. The van der Waals surface area contributed by atoms with Gasteiger partial charge in [-0.15, -0.1) is 0 Å². The Hall–Kier alpha value is -3.17. The number of piperazine rings is 1. The molecule has 3 aromatic rings. The number of carbonyl (C=O) groups is 2. The first kappa shape index (κ1) is 37.1. The molecule has 2 aliphatic heterocycles. The molecule has 0 aliphatic carbocycles. The number of carbonyl (C=O) groups excluding carboxylic acids is 2. The highest BCUT2D eigenvalue weighted by atomic mass is 35.5. The highest BCUT2D eigenvalue weighted by molar-refractivity contribution is 7.89. The predicted molar refractivity (Wildman–Crippen MR) is 185 cm³/mol. The Balaban J connectivity index is 1.47. The zero-order valence-electron chi connectivity index (χ0n) is 27.2. The Morgan fingerprint density at radius 3 is 2.35 bits per heavy atom. The van der Waals surface area contributed by atoms with Gasteiger partial charge in [0.05, 0.1) is 36.1 Å². The Morgan fingerprint density at radius 2 is 1.71 bits per heavy atom. The number of anilines is 1. The van der Waals surface area contributed by atoms with Crippen LogP contribution in [0, 0.1) is 11.7 Å². The van der Waals surface area contributed by atoms with Crippen molar-refractivity contribution in [3.05, 3.63) is 87.9 Å². The van der Waals surface area contributed by atoms with E-state index in [9.17, 15) is 18.0 Å². The minimum atomic E-state index is -3.95. The van der Waals surface area contributed by atoms with Gasteiger partial charge in [-0.25, -0.2) is 22.5 Å². The summed E-state index contributed by atoms with van der Waals surface area (Å²) in [4.78, 5) is 32.5. The number of amides is 2. The zero-order chi connectivity index (χ0) is 35.3. The van der Waals surface area contributed by atoms with Crippen molar-refractivity contribution in [1.29, 1.82) is 0 Å². The van der Waals surface area contributed by atoms with Crippen molar-refractivity contribution in [2.24, 2.45) is 11.7 Å². The van der Waals surface area contributed by atoms with Crippen molar-refractivity contribution < 1.29 is 31.9 Å². The lowest BCUT2D eigenvalue weighted by molar-refractivity contribution is -0.120. The molecule has 2 aromatic carbocycles. The van der Waals surface area contributed by atoms with Crippen molar-refractivity contribution in [1.82, 2.24) is 14.6 Å². The van der Waals surface area contributed by atoms with Crippen molar-refractivity contribution in [3.8, 4) is 0 Å². The van der Waals surface area contributed by atoms with Crippen LogP contribution in [0.1, 0.15) is 43.2 Å². The number of benzene rings is 2. The monoisotopic (exact) mass is 735 g/mol. The van der Waals surface area contributed by atoms with Crippen molar-refractivity contribution in [3.63, 3.8) is 0 Å². The third-order valence-electron chi connectivity index (χ3n) is 9.23. The molecular weight excluding hydrogens is 696 g/mol. The molecule has 0 saturated carbocycles. The van der Waals surface area contributed by atoms with E-state index in [1.54, 1.807) is 31.2 Å². The molecule has 0 spiro atoms. The van der Waals surface area contributed by atoms with Gasteiger partial charge >= 0.3 is 6.09 Å². The van der Waals surface area contributed by atoms with Crippen LogP contribution in [-0.4, -0.2) is 81.2 Å². The second kappa shape index (κ2) is 16.2. The summed E-state index contributed by atoms with van der Waals surface area (Å²) in [7, 11) is -2.84. The van der Waals surface area contributed by atoms with Gasteiger partial charge in [0, 0.05) is 59.9 Å². The largest absolute Gasteiger partial charge is 0.452 e. The smallest absolute Gasteiger partial charge is 0.421 e. The third kappa shape index (κ3) is 8.25. The van der Waals surface area contributed by atoms with Gasteiger partial charge in [0.2, 0.25) is 10.0 Å². The molecule has 2 saturated heterocycles. The number of ether oxygens (including phenoxy) is 2. The van der Waals surface area contributed by atoms with Crippen LogP contribution in [0.25, 0.3) is 0 Å². The van der Waals surface area contributed by atoms with Crippen LogP contribution in [0.4, 0.5) is 14.9 Å². The van der Waals surface area contributed by atoms with Crippen LogP contribution in [-0.2, 0) is 30.7 Å². The highest BCUT2D eigenvalue weighted by Crippen LogP contribution is 2.37. The summed E-state index contributed by atoms with van der Waals surface area (Å²) in [5, 5.41) is 4.17. The second-order valence-corrected chi connectivity index (χ2v) is 15.0. The fourth-order valence-electron chi connectivity index (χ4n) is 6.83. The second-order valence-electron chi connectivity index (χ2n) is 12.3. The molecule has 15 heteroatoms. The van der Waals surface area contributed by atoms with Crippen LogP contribution in [0.2, 0.25) is 10.0 Å². The number of aromatic nitrogens is 1. The molecule has 3 heterocycles. The van der Waals surface area contributed by atoms with E-state index in [0.29, 0.717) is 49.2 Å². The van der Waals surface area contributed by atoms with Crippen LogP contribution < -0.4 is 16.0 Å². The average Bonchev–Trinajstić information content (AvgIpc) is 3.09. The van der Waals surface area contributed by atoms with Gasteiger partial charge < -0.3 is 20.5 Å². The molecule has 3 N–H and O–H groups in total. The topological polar surface area (TPSA) is 144 Å². The van der Waals surface area contributed by atoms with Crippen LogP contribution in [0.3, 0.4) is 0 Å². The summed E-state index contributed by atoms with van der Waals surface area (Å²) in [6, 6.07) is 10.7. The maximum absolute atomic E-state index is 15.7. The van der Waals surface area contributed by atoms with E-state index in [1.165, 1.54) is 34.8 Å². The molecule has 264 valence electrons. The minimum Gasteiger partial charge on any atom is -0.452 e. The van der Waals surface area contributed by atoms with E-state index < -0.39 is 51.9 Å². The molecule has 49 heavy (non-hydrogen) atoms. The predicted octanol–water partition coefficient (Wildman–Crippen LogP) is 5.15. The fourth-order valence-corrected chi connectivity index (χ4v) is 8.92. The molecule has 0 bridgehead atoms. The molecule has 2 amide bonds. The van der Waals surface area contributed by atoms with Gasteiger partial charge in [0.25, 0.3) is 5.91 Å². The first-order valence-electron chi connectivity index (χ1n) is 16.1. The quantitative estimate of drug-likeness (QED) is 0.289. The lowest BCUT2D eigenvalue weighted by Gasteiger charge is -2.40. The number of rotatable bonds is 10. The lowest BCUT2D eigenvalue weighted by atomic mass is 9.76. The fraction of sp³-hybridized carbons (Fsp3) is 0.441. The first-order chi connectivity index (χ1) is 23.4. The zero-order valence-corrected chi connectivity index (χ0v) is 29.6. The third-order valence-corrected chi connectivity index (χ3v) is 11.8. The minimum absolute atomic E-state index is 0.00266. The first-order valence-corrected chi connectivity index (χ1v) is 18.3. The molecule has 11 nitrogen and oxygen atoms in total. The van der Waals surface area contributed by atoms with E-state index in [1.807, 2.05) is 0 Å². The standard InChI is InChI=1S/C34H40Cl2FN5O6S/c1-21-17-39-18-26(42(21)49(45,46)27-10-7-25(36)8-11-27)9-12-28-29(37)19-40-20-30(28)41(34(44)47-2)33(43)32(38)31(23-13-15-48-16-14-23)22-3-5-24(35)6-4-22/h3-8,10-11,19-21,23,26,31-32,39H,9,12-18,38H2,1-2H3/t21-,26+,31+,32+/m1/s1. The average molecular weight is 737 g/mol. The van der Waals surface area contributed by atoms with E-state index in [4.69, 9.17) is 38.4 Å². The number of sulfonamides is 1. The number of nitrogens with one attached hydrogen (secondary N) is 1. The summed E-state index contributed by atoms with van der Waals surface area (Å²) < 4.78 is 55.3. The molecule has 1 aromatic heterocycles. The number of hydrogen-bond acceptors (Lipinski definition) is 9. The summed E-state index contributed by atoms with van der Waals surface area (Å²) in [5.41, 5.74) is 7.38. The van der Waals surface area contributed by atoms with Gasteiger partial charge in [-0.05, 0) is 80.5 Å². The summed E-state index contributed by atoms with van der Waals surface area (Å²) in [5.74, 6) is -2.14. The molecular formula is C34H40Cl2FN5O6S. The Morgan fingerprint density at radius 1 is 1.08 bits per heavy atom. The number of nitrogens with two attached hydrogens (primary N) is 1. The van der Waals surface area contributed by atoms with Crippen LogP contribution in [0.5, 0.6) is 0 Å². The molecule has 2 aliphatic rings. The summed E-state index contributed by atoms with van der Waals surface area (Å²) in [6.45, 7) is 3.50. The molecule has 4 atom stereocenters. The van der Waals surface area contributed by atoms with Crippen molar-refractivity contribution in [2.45, 2.75) is 61.5 Å². The maximum Gasteiger partial charge on any atom is 0.421 e. The van der Waals surface area contributed by atoms with Crippen molar-refractivity contribution >= 4 is 50.9 Å². The highest BCUT2D eigenvalue weighted by Gasteiger charge is 2.41. The van der Waals surface area contributed by atoms with Gasteiger partial charge in [-0.1, -0.05) is 35.3 Å². The van der Waals surface area contributed by atoms with E-state index in [0.717, 1.165) is 23.8 Å². The number of halogens is 3. The number of hydrogen-bond donors (Lipinski definition) is 2. The van der Waals surface area contributed by atoms with Gasteiger partial charge in [0.1, 0.15) is 5.82 Å². The molecule has 2 fully saturated rings. The molecule has 0 radical (unpaired) electrons. The number of pyridine rings is 1.